The summed E-state index contributed by atoms with van der Waals surface area (Å²) in [7, 11) is 1.74. The predicted octanol–water partition coefficient (Wildman–Crippen LogP) is 3.75. The van der Waals surface area contributed by atoms with Crippen LogP contribution in [0.1, 0.15) is 65.2 Å². The fourth-order valence-corrected chi connectivity index (χ4v) is 3.66. The maximum absolute atomic E-state index is 11.3. The van der Waals surface area contributed by atoms with Crippen molar-refractivity contribution < 1.29 is 9.66 Å². The second-order valence-electron chi connectivity index (χ2n) is 7.29. The SMILES string of the molecule is CCC1CC(NSC(C)(C)C)CCC(c2c([N+](=O)[O-])cnn2C)O1. The minimum Gasteiger partial charge on any atom is -0.368 e. The molecule has 24 heavy (non-hydrogen) atoms. The molecule has 0 bridgehead atoms. The molecule has 0 aliphatic carbocycles. The van der Waals surface area contributed by atoms with E-state index in [1.807, 2.05) is 0 Å². The molecule has 2 rings (SSSR count). The lowest BCUT2D eigenvalue weighted by atomic mass is 10.0. The molecule has 0 spiro atoms. The summed E-state index contributed by atoms with van der Waals surface area (Å²) < 4.78 is 11.5. The molecule has 1 aliphatic rings. The molecule has 3 atom stereocenters. The van der Waals surface area contributed by atoms with Crippen LogP contribution in [0.15, 0.2) is 6.20 Å². The van der Waals surface area contributed by atoms with Gasteiger partial charge in [0.25, 0.3) is 0 Å². The van der Waals surface area contributed by atoms with E-state index >= 15 is 0 Å². The van der Waals surface area contributed by atoms with E-state index in [9.17, 15) is 10.1 Å². The van der Waals surface area contributed by atoms with Crippen LogP contribution in [0.3, 0.4) is 0 Å². The van der Waals surface area contributed by atoms with Gasteiger partial charge in [-0.2, -0.15) is 5.10 Å². The molecule has 0 amide bonds. The van der Waals surface area contributed by atoms with Crippen LogP contribution < -0.4 is 4.72 Å². The summed E-state index contributed by atoms with van der Waals surface area (Å²) in [6.07, 6.45) is 4.60. The van der Waals surface area contributed by atoms with Crippen LogP contribution >= 0.6 is 11.9 Å². The third-order valence-corrected chi connectivity index (χ3v) is 5.20. The second kappa shape index (κ2) is 7.84. The monoisotopic (exact) mass is 356 g/mol. The maximum Gasteiger partial charge on any atom is 0.312 e. The number of hydrogen-bond acceptors (Lipinski definition) is 6. The zero-order valence-electron chi connectivity index (χ0n) is 15.1. The number of aromatic nitrogens is 2. The number of hydrogen-bond donors (Lipinski definition) is 1. The van der Waals surface area contributed by atoms with E-state index in [1.54, 1.807) is 23.7 Å². The summed E-state index contributed by atoms with van der Waals surface area (Å²) in [5.74, 6) is 0. The van der Waals surface area contributed by atoms with Crippen molar-refractivity contribution in [2.75, 3.05) is 0 Å². The highest BCUT2D eigenvalue weighted by Crippen LogP contribution is 2.36. The number of aryl methyl sites for hydroxylation is 1. The highest BCUT2D eigenvalue weighted by atomic mass is 32.2. The third-order valence-electron chi connectivity index (χ3n) is 4.13. The lowest BCUT2D eigenvalue weighted by molar-refractivity contribution is -0.386. The largest absolute Gasteiger partial charge is 0.368 e. The molecular weight excluding hydrogens is 328 g/mol. The highest BCUT2D eigenvalue weighted by Gasteiger charge is 2.33. The van der Waals surface area contributed by atoms with Crippen molar-refractivity contribution in [3.8, 4) is 0 Å². The first-order valence-corrected chi connectivity index (χ1v) is 9.28. The average Bonchev–Trinajstić information content (AvgIpc) is 2.76. The number of nitrogens with one attached hydrogen (secondary N) is 1. The van der Waals surface area contributed by atoms with Gasteiger partial charge in [-0.1, -0.05) is 18.9 Å². The Bertz CT molecular complexity index is 570. The van der Waals surface area contributed by atoms with E-state index in [0.717, 1.165) is 25.7 Å². The van der Waals surface area contributed by atoms with Crippen LogP contribution in [0, 0.1) is 10.1 Å². The standard InChI is InChI=1S/C16H28N4O3S/c1-6-12-9-11(18-24-16(2,3)4)7-8-14(23-12)15-13(20(21)22)10-17-19(15)5/h10-12,14,18H,6-9H2,1-5H3. The number of nitrogens with zero attached hydrogens (tertiary/aromatic N) is 3. The zero-order chi connectivity index (χ0) is 17.9. The summed E-state index contributed by atoms with van der Waals surface area (Å²) in [6, 6.07) is 0.344. The van der Waals surface area contributed by atoms with Crippen LogP contribution in [0.5, 0.6) is 0 Å². The molecule has 7 nitrogen and oxygen atoms in total. The van der Waals surface area contributed by atoms with Gasteiger partial charge in [0, 0.05) is 17.8 Å². The maximum atomic E-state index is 11.3. The molecule has 2 heterocycles. The van der Waals surface area contributed by atoms with Gasteiger partial charge in [0.1, 0.15) is 18.0 Å². The van der Waals surface area contributed by atoms with Crippen molar-refractivity contribution in [1.29, 1.82) is 0 Å². The van der Waals surface area contributed by atoms with Crippen molar-refractivity contribution in [3.63, 3.8) is 0 Å². The van der Waals surface area contributed by atoms with Crippen molar-refractivity contribution >= 4 is 17.6 Å². The first-order valence-electron chi connectivity index (χ1n) is 8.46. The number of rotatable bonds is 5. The quantitative estimate of drug-likeness (QED) is 0.491. The fraction of sp³-hybridized carbons (Fsp3) is 0.812. The summed E-state index contributed by atoms with van der Waals surface area (Å²) in [5, 5.41) is 15.3. The van der Waals surface area contributed by atoms with Gasteiger partial charge in [-0.15, -0.1) is 0 Å². The van der Waals surface area contributed by atoms with Gasteiger partial charge >= 0.3 is 5.69 Å². The van der Waals surface area contributed by atoms with E-state index in [0.29, 0.717) is 11.7 Å². The Labute approximate surface area is 147 Å². The minimum atomic E-state index is -0.372. The molecule has 1 fully saturated rings. The fourth-order valence-electron chi connectivity index (χ4n) is 2.92. The third kappa shape index (κ3) is 4.94. The van der Waals surface area contributed by atoms with Gasteiger partial charge in [-0.25, -0.2) is 0 Å². The Hall–Kier alpha value is -1.12. The van der Waals surface area contributed by atoms with Crippen molar-refractivity contribution in [3.05, 3.63) is 22.0 Å². The minimum absolute atomic E-state index is 0.0489. The smallest absolute Gasteiger partial charge is 0.312 e. The first kappa shape index (κ1) is 19.2. The Morgan fingerprint density at radius 1 is 1.50 bits per heavy atom. The zero-order valence-corrected chi connectivity index (χ0v) is 15.9. The van der Waals surface area contributed by atoms with Gasteiger partial charge < -0.3 is 4.74 Å². The van der Waals surface area contributed by atoms with Crippen LogP contribution in [0.2, 0.25) is 0 Å². The van der Waals surface area contributed by atoms with E-state index in [2.05, 4.69) is 37.5 Å². The van der Waals surface area contributed by atoms with Gasteiger partial charge in [-0.3, -0.25) is 19.5 Å². The molecule has 0 saturated carbocycles. The van der Waals surface area contributed by atoms with Gasteiger partial charge in [0.2, 0.25) is 0 Å². The van der Waals surface area contributed by atoms with Crippen molar-refractivity contribution in [1.82, 2.24) is 14.5 Å². The highest BCUT2D eigenvalue weighted by molar-refractivity contribution is 7.98. The van der Waals surface area contributed by atoms with Gasteiger partial charge in [0.15, 0.2) is 0 Å². The van der Waals surface area contributed by atoms with E-state index < -0.39 is 0 Å². The van der Waals surface area contributed by atoms with E-state index in [-0.39, 0.29) is 27.6 Å². The lowest BCUT2D eigenvalue weighted by Gasteiger charge is -2.24. The molecule has 0 aromatic carbocycles. The topological polar surface area (TPSA) is 82.2 Å². The molecule has 3 unspecified atom stereocenters. The van der Waals surface area contributed by atoms with E-state index in [1.165, 1.54) is 6.20 Å². The van der Waals surface area contributed by atoms with Crippen LogP contribution in [0.25, 0.3) is 0 Å². The molecule has 1 saturated heterocycles. The molecule has 1 aliphatic heterocycles. The van der Waals surface area contributed by atoms with Gasteiger partial charge in [0.05, 0.1) is 11.0 Å². The molecule has 0 radical (unpaired) electrons. The lowest BCUT2D eigenvalue weighted by Crippen LogP contribution is -2.30. The molecular formula is C16H28N4O3S. The summed E-state index contributed by atoms with van der Waals surface area (Å²) >= 11 is 1.74. The van der Waals surface area contributed by atoms with Gasteiger partial charge in [-0.05, 0) is 46.5 Å². The van der Waals surface area contributed by atoms with E-state index in [4.69, 9.17) is 4.74 Å². The molecule has 1 aromatic rings. The number of nitro groups is 1. The Kier molecular flexibility index (Phi) is 6.28. The predicted molar refractivity (Wildman–Crippen MR) is 95.9 cm³/mol. The Morgan fingerprint density at radius 2 is 2.21 bits per heavy atom. The normalized spacial score (nSPS) is 25.5. The first-order chi connectivity index (χ1) is 11.2. The van der Waals surface area contributed by atoms with Crippen LogP contribution in [-0.2, 0) is 11.8 Å². The molecule has 1 aromatic heterocycles. The molecule has 8 heteroatoms. The Morgan fingerprint density at radius 3 is 2.79 bits per heavy atom. The average molecular weight is 356 g/mol. The van der Waals surface area contributed by atoms with Crippen molar-refractivity contribution in [2.24, 2.45) is 7.05 Å². The summed E-state index contributed by atoms with van der Waals surface area (Å²) in [6.45, 7) is 8.63. The summed E-state index contributed by atoms with van der Waals surface area (Å²) in [5.41, 5.74) is 0.621. The molecule has 136 valence electrons. The summed E-state index contributed by atoms with van der Waals surface area (Å²) in [4.78, 5) is 10.9. The van der Waals surface area contributed by atoms with Crippen molar-refractivity contribution in [2.45, 2.75) is 76.4 Å². The molecule has 1 N–H and O–H groups in total. The van der Waals surface area contributed by atoms with Crippen LogP contribution in [0.4, 0.5) is 5.69 Å². The number of ether oxygens (including phenoxy) is 1. The second-order valence-corrected chi connectivity index (χ2v) is 8.96. The van der Waals surface area contributed by atoms with Crippen LogP contribution in [-0.4, -0.2) is 31.6 Å². The Balaban J connectivity index is 2.14.